The van der Waals surface area contributed by atoms with Gasteiger partial charge in [-0.15, -0.1) is 0 Å². The van der Waals surface area contributed by atoms with Gasteiger partial charge in [-0.25, -0.2) is 14.2 Å². The molecule has 4 rings (SSSR count). The summed E-state index contributed by atoms with van der Waals surface area (Å²) >= 11 is 0. The van der Waals surface area contributed by atoms with E-state index in [0.717, 1.165) is 5.56 Å². The first kappa shape index (κ1) is 24.9. The Morgan fingerprint density at radius 1 is 1.03 bits per heavy atom. The van der Waals surface area contributed by atoms with E-state index in [1.807, 2.05) is 6.92 Å². The Morgan fingerprint density at radius 2 is 1.81 bits per heavy atom. The monoisotopic (exact) mass is 499 g/mol. The van der Waals surface area contributed by atoms with Gasteiger partial charge in [-0.1, -0.05) is 0 Å². The van der Waals surface area contributed by atoms with Crippen molar-refractivity contribution in [2.24, 2.45) is 0 Å². The SMILES string of the molecule is COCCOc1ccc(Nc2ncc(C)c(Nc3ccc4oc(=O)[nH]c4c3)n2)c(F)c1OCCOC. The zero-order valence-corrected chi connectivity index (χ0v) is 20.0. The summed E-state index contributed by atoms with van der Waals surface area (Å²) < 4.78 is 41.6. The number of fused-ring (bicyclic) bond motifs is 1. The van der Waals surface area contributed by atoms with Gasteiger partial charge in [-0.2, -0.15) is 4.98 Å². The molecule has 0 aliphatic heterocycles. The summed E-state index contributed by atoms with van der Waals surface area (Å²) in [7, 11) is 3.08. The Kier molecular flexibility index (Phi) is 7.98. The fourth-order valence-electron chi connectivity index (χ4n) is 3.26. The second kappa shape index (κ2) is 11.5. The van der Waals surface area contributed by atoms with Gasteiger partial charge in [-0.3, -0.25) is 4.98 Å². The zero-order valence-electron chi connectivity index (χ0n) is 20.0. The van der Waals surface area contributed by atoms with Gasteiger partial charge in [0.05, 0.1) is 24.4 Å². The normalized spacial score (nSPS) is 11.0. The van der Waals surface area contributed by atoms with Crippen LogP contribution in [0.15, 0.2) is 45.7 Å². The van der Waals surface area contributed by atoms with Crippen molar-refractivity contribution in [3.8, 4) is 11.5 Å². The smallest absolute Gasteiger partial charge is 0.417 e. The van der Waals surface area contributed by atoms with E-state index in [1.165, 1.54) is 13.2 Å². The molecule has 3 N–H and O–H groups in total. The molecule has 12 heteroatoms. The van der Waals surface area contributed by atoms with Crippen molar-refractivity contribution in [3.05, 3.63) is 58.5 Å². The van der Waals surface area contributed by atoms with Gasteiger partial charge < -0.3 is 34.0 Å². The Morgan fingerprint density at radius 3 is 2.58 bits per heavy atom. The highest BCUT2D eigenvalue weighted by molar-refractivity contribution is 5.78. The fourth-order valence-corrected chi connectivity index (χ4v) is 3.26. The number of aromatic nitrogens is 3. The molecule has 36 heavy (non-hydrogen) atoms. The van der Waals surface area contributed by atoms with Gasteiger partial charge in [0, 0.05) is 31.7 Å². The van der Waals surface area contributed by atoms with Crippen molar-refractivity contribution in [3.63, 3.8) is 0 Å². The number of ether oxygens (including phenoxy) is 4. The Bertz CT molecular complexity index is 1390. The second-order valence-electron chi connectivity index (χ2n) is 7.64. The van der Waals surface area contributed by atoms with Crippen LogP contribution in [-0.2, 0) is 9.47 Å². The molecule has 2 heterocycles. The molecule has 0 fully saturated rings. The Hall–Kier alpha value is -4.16. The first-order chi connectivity index (χ1) is 17.5. The third-order valence-electron chi connectivity index (χ3n) is 5.04. The molecule has 0 bridgehead atoms. The Labute approximate surface area is 205 Å². The van der Waals surface area contributed by atoms with Crippen molar-refractivity contribution in [2.45, 2.75) is 6.92 Å². The first-order valence-corrected chi connectivity index (χ1v) is 11.0. The molecule has 0 unspecified atom stereocenters. The number of anilines is 4. The van der Waals surface area contributed by atoms with Crippen molar-refractivity contribution < 1.29 is 27.8 Å². The van der Waals surface area contributed by atoms with E-state index in [1.54, 1.807) is 37.6 Å². The van der Waals surface area contributed by atoms with Crippen molar-refractivity contribution in [1.82, 2.24) is 15.0 Å². The van der Waals surface area contributed by atoms with Crippen LogP contribution in [0.2, 0.25) is 0 Å². The number of aryl methyl sites for hydroxylation is 1. The highest BCUT2D eigenvalue weighted by Crippen LogP contribution is 2.36. The van der Waals surface area contributed by atoms with Crippen LogP contribution < -0.4 is 25.9 Å². The minimum absolute atomic E-state index is 0.0546. The van der Waals surface area contributed by atoms with Crippen LogP contribution in [0.1, 0.15) is 5.56 Å². The van der Waals surface area contributed by atoms with Gasteiger partial charge in [0.1, 0.15) is 19.0 Å². The average Bonchev–Trinajstić information content (AvgIpc) is 3.24. The standard InChI is InChI=1S/C24H26FN5O6/c1-14-13-26-23(30-22(14)27-15-4-6-18-17(12-15)29-24(31)36-18)28-16-5-7-19(34-10-8-32-2)21(20(16)25)35-11-9-33-3/h4-7,12-13H,8-11H2,1-3H3,(H,29,31)(H2,26,27,28,30). The molecule has 0 aliphatic carbocycles. The quantitative estimate of drug-likeness (QED) is 0.247. The number of nitrogens with zero attached hydrogens (tertiary/aromatic N) is 2. The molecule has 190 valence electrons. The van der Waals surface area contributed by atoms with Gasteiger partial charge >= 0.3 is 5.76 Å². The predicted octanol–water partition coefficient (Wildman–Crippen LogP) is 3.90. The maximum absolute atomic E-state index is 15.4. The lowest BCUT2D eigenvalue weighted by Crippen LogP contribution is -2.11. The minimum atomic E-state index is -0.658. The number of oxazole rings is 1. The topological polar surface area (TPSA) is 133 Å². The Balaban J connectivity index is 1.56. The molecule has 4 aromatic rings. The number of hydrogen-bond donors (Lipinski definition) is 3. The van der Waals surface area contributed by atoms with E-state index in [9.17, 15) is 4.79 Å². The van der Waals surface area contributed by atoms with E-state index in [-0.39, 0.29) is 43.0 Å². The van der Waals surface area contributed by atoms with Crippen LogP contribution in [0.4, 0.5) is 27.5 Å². The molecular weight excluding hydrogens is 473 g/mol. The lowest BCUT2D eigenvalue weighted by Gasteiger charge is -2.16. The number of methoxy groups -OCH3 is 2. The average molecular weight is 499 g/mol. The zero-order chi connectivity index (χ0) is 25.5. The van der Waals surface area contributed by atoms with Gasteiger partial charge in [0.15, 0.2) is 22.9 Å². The van der Waals surface area contributed by atoms with Crippen LogP contribution >= 0.6 is 0 Å². The summed E-state index contributed by atoms with van der Waals surface area (Å²) in [6, 6.07) is 8.25. The van der Waals surface area contributed by atoms with Crippen molar-refractivity contribution in [2.75, 3.05) is 51.3 Å². The van der Waals surface area contributed by atoms with Crippen LogP contribution in [0.25, 0.3) is 11.1 Å². The number of H-pyrrole nitrogens is 1. The molecule has 0 saturated heterocycles. The third kappa shape index (κ3) is 5.90. The number of halogens is 1. The maximum Gasteiger partial charge on any atom is 0.417 e. The van der Waals surface area contributed by atoms with Crippen LogP contribution in [0.5, 0.6) is 11.5 Å². The summed E-state index contributed by atoms with van der Waals surface area (Å²) in [5, 5.41) is 6.07. The van der Waals surface area contributed by atoms with Crippen molar-refractivity contribution in [1.29, 1.82) is 0 Å². The van der Waals surface area contributed by atoms with Crippen LogP contribution in [0, 0.1) is 12.7 Å². The molecule has 0 atom stereocenters. The molecule has 0 spiro atoms. The van der Waals surface area contributed by atoms with E-state index < -0.39 is 11.6 Å². The maximum atomic E-state index is 15.4. The highest BCUT2D eigenvalue weighted by atomic mass is 19.1. The third-order valence-corrected chi connectivity index (χ3v) is 5.04. The lowest BCUT2D eigenvalue weighted by atomic mass is 10.2. The summed E-state index contributed by atoms with van der Waals surface area (Å²) in [6.07, 6.45) is 1.60. The molecule has 0 saturated carbocycles. The lowest BCUT2D eigenvalue weighted by molar-refractivity contribution is 0.130. The molecule has 0 aliphatic rings. The number of benzene rings is 2. The second-order valence-corrected chi connectivity index (χ2v) is 7.64. The molecular formula is C24H26FN5O6. The number of hydrogen-bond acceptors (Lipinski definition) is 10. The fraction of sp³-hybridized carbons (Fsp3) is 0.292. The highest BCUT2D eigenvalue weighted by Gasteiger charge is 2.18. The van der Waals surface area contributed by atoms with Crippen LogP contribution in [0.3, 0.4) is 0 Å². The molecule has 11 nitrogen and oxygen atoms in total. The van der Waals surface area contributed by atoms with Gasteiger partial charge in [0.25, 0.3) is 0 Å². The van der Waals surface area contributed by atoms with Crippen LogP contribution in [-0.4, -0.2) is 55.6 Å². The first-order valence-electron chi connectivity index (χ1n) is 11.0. The molecule has 0 amide bonds. The number of rotatable bonds is 12. The molecule has 2 aromatic carbocycles. The number of nitrogens with one attached hydrogen (secondary N) is 3. The van der Waals surface area contributed by atoms with Crippen molar-refractivity contribution >= 4 is 34.2 Å². The largest absolute Gasteiger partial charge is 0.487 e. The van der Waals surface area contributed by atoms with E-state index in [4.69, 9.17) is 23.4 Å². The van der Waals surface area contributed by atoms with E-state index in [2.05, 4.69) is 25.6 Å². The summed E-state index contributed by atoms with van der Waals surface area (Å²) in [5.74, 6) is -0.347. The predicted molar refractivity (Wildman–Crippen MR) is 131 cm³/mol. The summed E-state index contributed by atoms with van der Waals surface area (Å²) in [5.41, 5.74) is 2.53. The summed E-state index contributed by atoms with van der Waals surface area (Å²) in [6.45, 7) is 2.83. The van der Waals surface area contributed by atoms with E-state index >= 15 is 4.39 Å². The van der Waals surface area contributed by atoms with E-state index in [0.29, 0.717) is 29.2 Å². The molecule has 2 aromatic heterocycles. The van der Waals surface area contributed by atoms with Gasteiger partial charge in [-0.05, 0) is 37.3 Å². The van der Waals surface area contributed by atoms with Gasteiger partial charge in [0.2, 0.25) is 5.95 Å². The minimum Gasteiger partial charge on any atom is -0.487 e. The number of aromatic amines is 1. The summed E-state index contributed by atoms with van der Waals surface area (Å²) in [4.78, 5) is 22.8. The molecule has 0 radical (unpaired) electrons.